The smallest absolute Gasteiger partial charge is 0.235 e. The molecule has 0 bridgehead atoms. The van der Waals surface area contributed by atoms with Crippen molar-refractivity contribution in [1.29, 1.82) is 0 Å². The summed E-state index contributed by atoms with van der Waals surface area (Å²) >= 11 is 0. The van der Waals surface area contributed by atoms with Crippen molar-refractivity contribution in [2.24, 2.45) is 11.3 Å². The first-order valence-corrected chi connectivity index (χ1v) is 4.69. The van der Waals surface area contributed by atoms with Crippen LogP contribution in [0.15, 0.2) is 0 Å². The summed E-state index contributed by atoms with van der Waals surface area (Å²) in [6.45, 7) is 6.16. The maximum Gasteiger partial charge on any atom is 0.235 e. The van der Waals surface area contributed by atoms with Gasteiger partial charge in [-0.2, -0.15) is 0 Å². The number of amides is 1. The number of likely N-dealkylation sites (tertiary alicyclic amines) is 1. The minimum atomic E-state index is -0.747. The van der Waals surface area contributed by atoms with Crippen LogP contribution in [0.5, 0.6) is 0 Å². The van der Waals surface area contributed by atoms with Gasteiger partial charge in [-0.3, -0.25) is 9.59 Å². The highest BCUT2D eigenvalue weighted by Gasteiger charge is 2.47. The lowest BCUT2D eigenvalue weighted by atomic mass is 9.79. The molecule has 3 nitrogen and oxygen atoms in total. The van der Waals surface area contributed by atoms with Crippen molar-refractivity contribution in [1.82, 2.24) is 4.90 Å². The average Bonchev–Trinajstić information content (AvgIpc) is 2.33. The van der Waals surface area contributed by atoms with Gasteiger partial charge in [0.05, 0.1) is 0 Å². The fourth-order valence-electron chi connectivity index (χ4n) is 1.89. The lowest BCUT2D eigenvalue weighted by Crippen LogP contribution is -2.39. The second-order valence-electron chi connectivity index (χ2n) is 4.33. The number of hydrogen-bond donors (Lipinski definition) is 0. The molecule has 0 spiro atoms. The molecular weight excluding hydrogens is 166 g/mol. The highest BCUT2D eigenvalue weighted by Crippen LogP contribution is 2.33. The Labute approximate surface area is 79.1 Å². The first kappa shape index (κ1) is 10.2. The van der Waals surface area contributed by atoms with Crippen LogP contribution >= 0.6 is 0 Å². The SMILES string of the molecule is CC(C)C(=O)C1(C)CCN(C)C1=O. The van der Waals surface area contributed by atoms with E-state index in [0.29, 0.717) is 13.0 Å². The molecular formula is C10H17NO2. The van der Waals surface area contributed by atoms with Gasteiger partial charge in [-0.15, -0.1) is 0 Å². The largest absolute Gasteiger partial charge is 0.345 e. The lowest BCUT2D eigenvalue weighted by molar-refractivity contribution is -0.144. The van der Waals surface area contributed by atoms with Crippen molar-refractivity contribution >= 4 is 11.7 Å². The van der Waals surface area contributed by atoms with Crippen molar-refractivity contribution in [2.45, 2.75) is 27.2 Å². The van der Waals surface area contributed by atoms with Gasteiger partial charge in [-0.25, -0.2) is 0 Å². The number of carbonyl (C=O) groups excluding carboxylic acids is 2. The summed E-state index contributed by atoms with van der Waals surface area (Å²) in [6.07, 6.45) is 0.666. The minimum absolute atomic E-state index is 0.0220. The number of rotatable bonds is 2. The first-order chi connectivity index (χ1) is 5.89. The Bertz CT molecular complexity index is 247. The molecule has 74 valence electrons. The molecule has 0 aliphatic carbocycles. The number of nitrogens with zero attached hydrogens (tertiary/aromatic N) is 1. The molecule has 0 saturated carbocycles. The van der Waals surface area contributed by atoms with Gasteiger partial charge in [-0.1, -0.05) is 13.8 Å². The third-order valence-corrected chi connectivity index (χ3v) is 2.83. The highest BCUT2D eigenvalue weighted by atomic mass is 16.2. The Hall–Kier alpha value is -0.860. The standard InChI is InChI=1S/C10H17NO2/c1-7(2)8(12)10(3)5-6-11(4)9(10)13/h7H,5-6H2,1-4H3. The Morgan fingerprint density at radius 1 is 1.54 bits per heavy atom. The lowest BCUT2D eigenvalue weighted by Gasteiger charge is -2.22. The average molecular weight is 183 g/mol. The predicted molar refractivity (Wildman–Crippen MR) is 50.2 cm³/mol. The van der Waals surface area contributed by atoms with E-state index in [1.807, 2.05) is 13.8 Å². The van der Waals surface area contributed by atoms with Crippen molar-refractivity contribution < 1.29 is 9.59 Å². The molecule has 0 aromatic carbocycles. The third-order valence-electron chi connectivity index (χ3n) is 2.83. The van der Waals surface area contributed by atoms with Gasteiger partial charge in [0.15, 0.2) is 5.78 Å². The molecule has 1 fully saturated rings. The van der Waals surface area contributed by atoms with Crippen molar-refractivity contribution in [2.75, 3.05) is 13.6 Å². The predicted octanol–water partition coefficient (Wildman–Crippen LogP) is 1.08. The van der Waals surface area contributed by atoms with E-state index in [1.165, 1.54) is 0 Å². The minimum Gasteiger partial charge on any atom is -0.345 e. The van der Waals surface area contributed by atoms with Crippen LogP contribution in [0.25, 0.3) is 0 Å². The monoisotopic (exact) mass is 183 g/mol. The molecule has 0 aromatic rings. The van der Waals surface area contributed by atoms with Gasteiger partial charge >= 0.3 is 0 Å². The van der Waals surface area contributed by atoms with Crippen LogP contribution in [0.2, 0.25) is 0 Å². The van der Waals surface area contributed by atoms with Crippen LogP contribution in [0.3, 0.4) is 0 Å². The van der Waals surface area contributed by atoms with E-state index in [4.69, 9.17) is 0 Å². The summed E-state index contributed by atoms with van der Waals surface area (Å²) < 4.78 is 0. The second kappa shape index (κ2) is 3.13. The fraction of sp³-hybridized carbons (Fsp3) is 0.800. The molecule has 1 heterocycles. The maximum atomic E-state index is 11.8. The fourth-order valence-corrected chi connectivity index (χ4v) is 1.89. The maximum absolute atomic E-state index is 11.8. The molecule has 0 radical (unpaired) electrons. The van der Waals surface area contributed by atoms with Gasteiger partial charge in [0.25, 0.3) is 0 Å². The third kappa shape index (κ3) is 1.47. The van der Waals surface area contributed by atoms with Crippen LogP contribution < -0.4 is 0 Å². The summed E-state index contributed by atoms with van der Waals surface area (Å²) in [5.41, 5.74) is -0.747. The van der Waals surface area contributed by atoms with Crippen molar-refractivity contribution in [3.8, 4) is 0 Å². The van der Waals surface area contributed by atoms with E-state index in [0.717, 1.165) is 0 Å². The number of hydrogen-bond acceptors (Lipinski definition) is 2. The van der Waals surface area contributed by atoms with Gasteiger partial charge in [0, 0.05) is 19.5 Å². The zero-order chi connectivity index (χ0) is 10.2. The number of ketones is 1. The topological polar surface area (TPSA) is 37.4 Å². The Balaban J connectivity index is 2.89. The van der Waals surface area contributed by atoms with E-state index >= 15 is 0 Å². The van der Waals surface area contributed by atoms with Crippen molar-refractivity contribution in [3.63, 3.8) is 0 Å². The van der Waals surface area contributed by atoms with Crippen LogP contribution in [0.1, 0.15) is 27.2 Å². The molecule has 1 unspecified atom stereocenters. The van der Waals surface area contributed by atoms with Gasteiger partial charge < -0.3 is 4.90 Å². The van der Waals surface area contributed by atoms with Crippen LogP contribution in [-0.2, 0) is 9.59 Å². The van der Waals surface area contributed by atoms with Gasteiger partial charge in [0.1, 0.15) is 5.41 Å². The summed E-state index contributed by atoms with van der Waals surface area (Å²) in [4.78, 5) is 25.1. The molecule has 1 aliphatic heterocycles. The van der Waals surface area contributed by atoms with Crippen molar-refractivity contribution in [3.05, 3.63) is 0 Å². The summed E-state index contributed by atoms with van der Waals surface area (Å²) in [5.74, 6) is -0.00602. The molecule has 13 heavy (non-hydrogen) atoms. The molecule has 1 atom stereocenters. The van der Waals surface area contributed by atoms with Crippen LogP contribution in [0, 0.1) is 11.3 Å². The quantitative estimate of drug-likeness (QED) is 0.601. The van der Waals surface area contributed by atoms with E-state index in [2.05, 4.69) is 0 Å². The summed E-state index contributed by atoms with van der Waals surface area (Å²) in [7, 11) is 1.75. The van der Waals surface area contributed by atoms with Gasteiger partial charge in [0.2, 0.25) is 5.91 Å². The van der Waals surface area contributed by atoms with E-state index in [1.54, 1.807) is 18.9 Å². The zero-order valence-corrected chi connectivity index (χ0v) is 8.76. The summed E-state index contributed by atoms with van der Waals surface area (Å²) in [5, 5.41) is 0. The Morgan fingerprint density at radius 2 is 2.08 bits per heavy atom. The molecule has 1 saturated heterocycles. The van der Waals surface area contributed by atoms with Crippen LogP contribution in [0.4, 0.5) is 0 Å². The molecule has 1 rings (SSSR count). The van der Waals surface area contributed by atoms with E-state index in [9.17, 15) is 9.59 Å². The molecule has 1 aliphatic rings. The van der Waals surface area contributed by atoms with Gasteiger partial charge in [-0.05, 0) is 13.3 Å². The van der Waals surface area contributed by atoms with Crippen LogP contribution in [-0.4, -0.2) is 30.2 Å². The normalized spacial score (nSPS) is 28.7. The van der Waals surface area contributed by atoms with E-state index < -0.39 is 5.41 Å². The molecule has 0 N–H and O–H groups in total. The Morgan fingerprint density at radius 3 is 2.38 bits per heavy atom. The number of carbonyl (C=O) groups is 2. The summed E-state index contributed by atoms with van der Waals surface area (Å²) in [6, 6.07) is 0. The van der Waals surface area contributed by atoms with E-state index in [-0.39, 0.29) is 17.6 Å². The zero-order valence-electron chi connectivity index (χ0n) is 8.76. The molecule has 0 aromatic heterocycles. The first-order valence-electron chi connectivity index (χ1n) is 4.69. The number of Topliss-reactive ketones (excluding diaryl/α,β-unsaturated/α-hetero) is 1. The Kier molecular flexibility index (Phi) is 2.46. The molecule has 1 amide bonds. The molecule has 3 heteroatoms. The highest BCUT2D eigenvalue weighted by molar-refractivity contribution is 6.07. The second-order valence-corrected chi connectivity index (χ2v) is 4.33.